The molecule has 33 heavy (non-hydrogen) atoms. The van der Waals surface area contributed by atoms with Crippen LogP contribution in [0.4, 0.5) is 8.78 Å². The van der Waals surface area contributed by atoms with Gasteiger partial charge in [0, 0.05) is 17.7 Å². The van der Waals surface area contributed by atoms with Crippen molar-refractivity contribution in [2.24, 2.45) is 5.92 Å². The molecule has 0 aliphatic rings. The van der Waals surface area contributed by atoms with E-state index in [9.17, 15) is 18.7 Å². The van der Waals surface area contributed by atoms with Gasteiger partial charge in [0.25, 0.3) is 0 Å². The maximum Gasteiger partial charge on any atom is 0.346 e. The molecule has 8 nitrogen and oxygen atoms in total. The predicted molar refractivity (Wildman–Crippen MR) is 119 cm³/mol. The molecule has 0 radical (unpaired) electrons. The highest BCUT2D eigenvalue weighted by atomic mass is 19.1. The van der Waals surface area contributed by atoms with E-state index in [1.807, 2.05) is 0 Å². The van der Waals surface area contributed by atoms with Gasteiger partial charge >= 0.3 is 5.69 Å². The van der Waals surface area contributed by atoms with Crippen LogP contribution in [0.25, 0.3) is 0 Å². The summed E-state index contributed by atoms with van der Waals surface area (Å²) in [5.41, 5.74) is -2.49. The predicted octanol–water partition coefficient (Wildman–Crippen LogP) is 3.84. The van der Waals surface area contributed by atoms with Crippen LogP contribution in [0.1, 0.15) is 71.0 Å². The third kappa shape index (κ3) is 5.38. The molecule has 3 atom stereocenters. The minimum Gasteiger partial charge on any atom is -0.381 e. The molecule has 0 aliphatic carbocycles. The van der Waals surface area contributed by atoms with Crippen molar-refractivity contribution in [3.05, 3.63) is 64.9 Å². The van der Waals surface area contributed by atoms with Gasteiger partial charge in [-0.1, -0.05) is 33.3 Å². The van der Waals surface area contributed by atoms with Crippen molar-refractivity contribution in [3.8, 4) is 0 Å². The molecule has 1 N–H and O–H groups in total. The van der Waals surface area contributed by atoms with E-state index < -0.39 is 23.3 Å². The summed E-state index contributed by atoms with van der Waals surface area (Å²) in [6.07, 6.45) is 7.68. The van der Waals surface area contributed by atoms with Gasteiger partial charge in [-0.2, -0.15) is 10.2 Å². The molecule has 0 bridgehead atoms. The Hall–Kier alpha value is -2.88. The van der Waals surface area contributed by atoms with E-state index in [0.29, 0.717) is 12.0 Å². The fraction of sp³-hybridized carbons (Fsp3) is 0.565. The van der Waals surface area contributed by atoms with Gasteiger partial charge in [0.1, 0.15) is 36.2 Å². The molecule has 1 aromatic carbocycles. The summed E-state index contributed by atoms with van der Waals surface area (Å²) in [4.78, 5) is 17.2. The largest absolute Gasteiger partial charge is 0.381 e. The lowest BCUT2D eigenvalue weighted by Gasteiger charge is -2.34. The van der Waals surface area contributed by atoms with Crippen molar-refractivity contribution in [1.29, 1.82) is 0 Å². The van der Waals surface area contributed by atoms with Crippen LogP contribution >= 0.6 is 0 Å². The highest BCUT2D eigenvalue weighted by Crippen LogP contribution is 2.36. The van der Waals surface area contributed by atoms with Crippen LogP contribution in [-0.2, 0) is 12.1 Å². The summed E-state index contributed by atoms with van der Waals surface area (Å²) in [7, 11) is 0. The topological polar surface area (TPSA) is 90.8 Å². The van der Waals surface area contributed by atoms with Gasteiger partial charge in [-0.05, 0) is 38.2 Å². The zero-order valence-electron chi connectivity index (χ0n) is 19.5. The summed E-state index contributed by atoms with van der Waals surface area (Å²) >= 11 is 0. The summed E-state index contributed by atoms with van der Waals surface area (Å²) in [5, 5.41) is 20.0. The van der Waals surface area contributed by atoms with Crippen LogP contribution in [0.3, 0.4) is 0 Å². The number of aliphatic hydroxyl groups is 1. The van der Waals surface area contributed by atoms with E-state index in [1.165, 1.54) is 29.7 Å². The van der Waals surface area contributed by atoms with Crippen molar-refractivity contribution in [3.63, 3.8) is 0 Å². The van der Waals surface area contributed by atoms with Gasteiger partial charge < -0.3 is 5.11 Å². The van der Waals surface area contributed by atoms with Crippen LogP contribution in [0.5, 0.6) is 0 Å². The Morgan fingerprint density at radius 1 is 1.09 bits per heavy atom. The first-order valence-corrected chi connectivity index (χ1v) is 11.3. The second-order valence-electron chi connectivity index (χ2n) is 9.00. The molecule has 10 heteroatoms. The number of benzene rings is 1. The van der Waals surface area contributed by atoms with Crippen molar-refractivity contribution >= 4 is 0 Å². The minimum atomic E-state index is -1.95. The summed E-state index contributed by atoms with van der Waals surface area (Å²) in [5.74, 6) is -1.18. The Balaban J connectivity index is 2.03. The SMILES string of the molecule is CCCC(CCC(C)C)n1cnn([C@H](C)[C@](O)(Cn2cncn2)c2ccc(F)cc2F)c1=O. The lowest BCUT2D eigenvalue weighted by molar-refractivity contribution is -0.0382. The van der Waals surface area contributed by atoms with Gasteiger partial charge in [0.15, 0.2) is 0 Å². The van der Waals surface area contributed by atoms with E-state index in [-0.39, 0.29) is 23.8 Å². The molecule has 1 unspecified atom stereocenters. The zero-order chi connectivity index (χ0) is 24.2. The third-order valence-electron chi connectivity index (χ3n) is 6.13. The molecule has 3 rings (SSSR count). The Labute approximate surface area is 191 Å². The van der Waals surface area contributed by atoms with Gasteiger partial charge in [0.2, 0.25) is 0 Å². The number of nitrogens with zero attached hydrogens (tertiary/aromatic N) is 6. The Bertz CT molecular complexity index is 1090. The van der Waals surface area contributed by atoms with Crippen molar-refractivity contribution in [2.45, 2.75) is 77.6 Å². The van der Waals surface area contributed by atoms with Crippen LogP contribution < -0.4 is 5.69 Å². The molecule has 2 heterocycles. The molecule has 180 valence electrons. The Morgan fingerprint density at radius 2 is 1.85 bits per heavy atom. The monoisotopic (exact) mass is 462 g/mol. The van der Waals surface area contributed by atoms with Gasteiger partial charge in [-0.3, -0.25) is 4.57 Å². The first-order chi connectivity index (χ1) is 15.7. The molecule has 0 saturated carbocycles. The van der Waals surface area contributed by atoms with Crippen molar-refractivity contribution in [2.75, 3.05) is 0 Å². The molecular weight excluding hydrogens is 430 g/mol. The Morgan fingerprint density at radius 3 is 2.45 bits per heavy atom. The zero-order valence-corrected chi connectivity index (χ0v) is 19.5. The number of hydrogen-bond donors (Lipinski definition) is 1. The molecule has 0 aliphatic heterocycles. The number of rotatable bonds is 11. The van der Waals surface area contributed by atoms with E-state index in [2.05, 4.69) is 36.0 Å². The van der Waals surface area contributed by atoms with Crippen LogP contribution in [-0.4, -0.2) is 34.2 Å². The van der Waals surface area contributed by atoms with Gasteiger partial charge in [-0.15, -0.1) is 0 Å². The molecule has 2 aromatic heterocycles. The smallest absolute Gasteiger partial charge is 0.346 e. The highest BCUT2D eigenvalue weighted by Gasteiger charge is 2.42. The lowest BCUT2D eigenvalue weighted by atomic mass is 9.86. The van der Waals surface area contributed by atoms with E-state index in [4.69, 9.17) is 0 Å². The molecule has 0 saturated heterocycles. The minimum absolute atomic E-state index is 0.0168. The summed E-state index contributed by atoms with van der Waals surface area (Å²) in [6.45, 7) is 7.72. The molecule has 3 aromatic rings. The Kier molecular flexibility index (Phi) is 7.78. The average molecular weight is 463 g/mol. The summed E-state index contributed by atoms with van der Waals surface area (Å²) < 4.78 is 32.5. The first kappa shape index (κ1) is 24.8. The maximum absolute atomic E-state index is 14.8. The third-order valence-corrected chi connectivity index (χ3v) is 6.13. The van der Waals surface area contributed by atoms with Gasteiger partial charge in [-0.25, -0.2) is 27.9 Å². The fourth-order valence-electron chi connectivity index (χ4n) is 4.17. The van der Waals surface area contributed by atoms with Crippen molar-refractivity contribution in [1.82, 2.24) is 29.1 Å². The van der Waals surface area contributed by atoms with E-state index >= 15 is 0 Å². The molecular formula is C23H32F2N6O2. The molecule has 0 fully saturated rings. The van der Waals surface area contributed by atoms with Crippen LogP contribution in [0, 0.1) is 17.6 Å². The van der Waals surface area contributed by atoms with E-state index in [1.54, 1.807) is 11.5 Å². The number of hydrogen-bond acceptors (Lipinski definition) is 5. The van der Waals surface area contributed by atoms with Crippen LogP contribution in [0.15, 0.2) is 42.0 Å². The number of halogens is 2. The van der Waals surface area contributed by atoms with Crippen molar-refractivity contribution < 1.29 is 13.9 Å². The average Bonchev–Trinajstić information content (AvgIpc) is 3.39. The lowest BCUT2D eigenvalue weighted by Crippen LogP contribution is -2.44. The van der Waals surface area contributed by atoms with Crippen LogP contribution in [0.2, 0.25) is 0 Å². The summed E-state index contributed by atoms with van der Waals surface area (Å²) in [6, 6.07) is 1.96. The molecule has 0 amide bonds. The van der Waals surface area contributed by atoms with Gasteiger partial charge in [0.05, 0.1) is 12.6 Å². The fourth-order valence-corrected chi connectivity index (χ4v) is 4.17. The maximum atomic E-state index is 14.8. The second kappa shape index (κ2) is 10.4. The normalized spacial score (nSPS) is 15.5. The second-order valence-corrected chi connectivity index (χ2v) is 9.00. The first-order valence-electron chi connectivity index (χ1n) is 11.3. The van der Waals surface area contributed by atoms with E-state index in [0.717, 1.165) is 36.4 Å². The molecule has 0 spiro atoms. The highest BCUT2D eigenvalue weighted by molar-refractivity contribution is 5.26. The quantitative estimate of drug-likeness (QED) is 0.468. The standard InChI is InChI=1S/C23H32F2N6O2/c1-5-6-19(9-7-16(2)3)30-15-28-31(22(30)32)17(4)23(33,12-29-14-26-13-27-29)20-10-8-18(24)11-21(20)25/h8,10-11,13-17,19,33H,5-7,9,12H2,1-4H3/t17-,19?,23-/m1/s1. The number of aromatic nitrogens is 6.